The number of carbonyl (C=O) groups excluding carboxylic acids is 2. The molecule has 1 atom stereocenters. The predicted molar refractivity (Wildman–Crippen MR) is 64.0 cm³/mol. The summed E-state index contributed by atoms with van der Waals surface area (Å²) in [5, 5.41) is 8.31. The molecule has 0 saturated heterocycles. The molecule has 3 N–H and O–H groups in total. The topological polar surface area (TPSA) is 70.2 Å². The summed E-state index contributed by atoms with van der Waals surface area (Å²) in [5.41, 5.74) is 0. The van der Waals surface area contributed by atoms with Crippen LogP contribution in [0.2, 0.25) is 0 Å². The van der Waals surface area contributed by atoms with Gasteiger partial charge in [0.05, 0.1) is 13.1 Å². The molecule has 0 rings (SSSR count). The molecule has 0 spiro atoms. The van der Waals surface area contributed by atoms with Gasteiger partial charge in [-0.25, -0.2) is 0 Å². The average molecular weight is 229 g/mol. The maximum atomic E-state index is 11.3. The summed E-state index contributed by atoms with van der Waals surface area (Å²) >= 11 is 0. The van der Waals surface area contributed by atoms with Crippen LogP contribution in [0.5, 0.6) is 0 Å². The molecule has 0 fully saturated rings. The lowest BCUT2D eigenvalue weighted by Gasteiger charge is -2.12. The first-order valence-electron chi connectivity index (χ1n) is 5.75. The van der Waals surface area contributed by atoms with Gasteiger partial charge in [0.25, 0.3) is 0 Å². The molecular weight excluding hydrogens is 206 g/mol. The molecule has 0 aliphatic rings. The Morgan fingerprint density at radius 2 is 1.69 bits per heavy atom. The van der Waals surface area contributed by atoms with Crippen molar-refractivity contribution >= 4 is 11.8 Å². The Kier molecular flexibility index (Phi) is 7.54. The van der Waals surface area contributed by atoms with Crippen LogP contribution in [0.1, 0.15) is 34.1 Å². The van der Waals surface area contributed by atoms with E-state index in [1.165, 1.54) is 0 Å². The molecule has 0 aromatic carbocycles. The lowest BCUT2D eigenvalue weighted by molar-refractivity contribution is -0.125. The molecule has 0 radical (unpaired) electrons. The fourth-order valence-electron chi connectivity index (χ4n) is 1.03. The highest BCUT2D eigenvalue weighted by atomic mass is 16.2. The summed E-state index contributed by atoms with van der Waals surface area (Å²) < 4.78 is 0. The second-order valence-electron chi connectivity index (χ2n) is 4.19. The summed E-state index contributed by atoms with van der Waals surface area (Å²) in [5.74, 6) is -0.314. The number of rotatable bonds is 7. The minimum Gasteiger partial charge on any atom is -0.352 e. The van der Waals surface area contributed by atoms with Crippen LogP contribution in [0.3, 0.4) is 0 Å². The van der Waals surface area contributed by atoms with E-state index in [2.05, 4.69) is 16.0 Å². The molecule has 2 amide bonds. The molecule has 5 nitrogen and oxygen atoms in total. The van der Waals surface area contributed by atoms with Gasteiger partial charge in [-0.05, 0) is 27.2 Å². The van der Waals surface area contributed by atoms with Crippen LogP contribution in [-0.4, -0.2) is 37.0 Å². The van der Waals surface area contributed by atoms with Crippen molar-refractivity contribution in [1.29, 1.82) is 0 Å². The highest BCUT2D eigenvalue weighted by molar-refractivity contribution is 5.85. The summed E-state index contributed by atoms with van der Waals surface area (Å²) in [7, 11) is 0. The van der Waals surface area contributed by atoms with E-state index in [0.717, 1.165) is 6.42 Å². The third-order valence-corrected chi connectivity index (χ3v) is 2.12. The smallest absolute Gasteiger partial charge is 0.239 e. The van der Waals surface area contributed by atoms with E-state index in [1.807, 2.05) is 27.7 Å². The minimum absolute atomic E-state index is 0.0409. The van der Waals surface area contributed by atoms with Crippen LogP contribution in [0.4, 0.5) is 0 Å². The molecule has 0 aliphatic heterocycles. The molecule has 1 unspecified atom stereocenters. The zero-order chi connectivity index (χ0) is 12.6. The Hall–Kier alpha value is -1.10. The lowest BCUT2D eigenvalue weighted by Crippen LogP contribution is -2.43. The molecule has 16 heavy (non-hydrogen) atoms. The summed E-state index contributed by atoms with van der Waals surface area (Å²) in [6.07, 6.45) is 0.973. The standard InChI is InChI=1S/C11H23N3O2/c1-5-9(4)12-6-10(15)13-7-11(16)14-8(2)3/h8-9,12H,5-7H2,1-4H3,(H,13,15)(H,14,16). The molecule has 94 valence electrons. The van der Waals surface area contributed by atoms with Crippen molar-refractivity contribution in [3.8, 4) is 0 Å². The van der Waals surface area contributed by atoms with Gasteiger partial charge in [-0.3, -0.25) is 9.59 Å². The number of carbonyl (C=O) groups is 2. The Morgan fingerprint density at radius 3 is 2.19 bits per heavy atom. The maximum Gasteiger partial charge on any atom is 0.239 e. The fraction of sp³-hybridized carbons (Fsp3) is 0.818. The SMILES string of the molecule is CCC(C)NCC(=O)NCC(=O)NC(C)C. The van der Waals surface area contributed by atoms with Gasteiger partial charge in [0.1, 0.15) is 0 Å². The van der Waals surface area contributed by atoms with Crippen molar-refractivity contribution in [2.75, 3.05) is 13.1 Å². The fourth-order valence-corrected chi connectivity index (χ4v) is 1.03. The predicted octanol–water partition coefficient (Wildman–Crippen LogP) is 0.0153. The van der Waals surface area contributed by atoms with E-state index in [1.54, 1.807) is 0 Å². The van der Waals surface area contributed by atoms with Gasteiger partial charge in [0, 0.05) is 12.1 Å². The number of hydrogen-bond donors (Lipinski definition) is 3. The second kappa shape index (κ2) is 8.10. The van der Waals surface area contributed by atoms with Gasteiger partial charge >= 0.3 is 0 Å². The van der Waals surface area contributed by atoms with Gasteiger partial charge in [-0.2, -0.15) is 0 Å². The largest absolute Gasteiger partial charge is 0.352 e. The van der Waals surface area contributed by atoms with Gasteiger partial charge in [0.2, 0.25) is 11.8 Å². The number of nitrogens with one attached hydrogen (secondary N) is 3. The molecule has 0 saturated carbocycles. The summed E-state index contributed by atoms with van der Waals surface area (Å²) in [4.78, 5) is 22.5. The molecule has 0 aromatic rings. The monoisotopic (exact) mass is 229 g/mol. The van der Waals surface area contributed by atoms with Crippen molar-refractivity contribution < 1.29 is 9.59 Å². The molecular formula is C11H23N3O2. The second-order valence-corrected chi connectivity index (χ2v) is 4.19. The van der Waals surface area contributed by atoms with Gasteiger partial charge < -0.3 is 16.0 Å². The maximum absolute atomic E-state index is 11.3. The molecule has 0 bridgehead atoms. The van der Waals surface area contributed by atoms with Gasteiger partial charge in [-0.15, -0.1) is 0 Å². The van der Waals surface area contributed by atoms with Crippen molar-refractivity contribution in [2.45, 2.75) is 46.2 Å². The normalized spacial score (nSPS) is 12.3. The first-order valence-corrected chi connectivity index (χ1v) is 5.75. The minimum atomic E-state index is -0.160. The van der Waals surface area contributed by atoms with Gasteiger partial charge in [0.15, 0.2) is 0 Å². The van der Waals surface area contributed by atoms with Crippen molar-refractivity contribution in [3.63, 3.8) is 0 Å². The van der Waals surface area contributed by atoms with Gasteiger partial charge in [-0.1, -0.05) is 6.92 Å². The Morgan fingerprint density at radius 1 is 1.06 bits per heavy atom. The van der Waals surface area contributed by atoms with E-state index in [4.69, 9.17) is 0 Å². The van der Waals surface area contributed by atoms with Crippen LogP contribution in [0, 0.1) is 0 Å². The third-order valence-electron chi connectivity index (χ3n) is 2.12. The lowest BCUT2D eigenvalue weighted by atomic mass is 10.2. The van der Waals surface area contributed by atoms with Crippen LogP contribution < -0.4 is 16.0 Å². The highest BCUT2D eigenvalue weighted by Crippen LogP contribution is 1.85. The number of amides is 2. The molecule has 0 aromatic heterocycles. The van der Waals surface area contributed by atoms with Crippen molar-refractivity contribution in [3.05, 3.63) is 0 Å². The van der Waals surface area contributed by atoms with E-state index in [0.29, 0.717) is 6.04 Å². The van der Waals surface area contributed by atoms with Crippen LogP contribution in [0.15, 0.2) is 0 Å². The quantitative estimate of drug-likeness (QED) is 0.576. The molecule has 0 aliphatic carbocycles. The summed E-state index contributed by atoms with van der Waals surface area (Å²) in [6.45, 7) is 8.11. The summed E-state index contributed by atoms with van der Waals surface area (Å²) in [6, 6.07) is 0.415. The zero-order valence-corrected chi connectivity index (χ0v) is 10.6. The highest BCUT2D eigenvalue weighted by Gasteiger charge is 2.07. The third kappa shape index (κ3) is 8.23. The molecule has 5 heteroatoms. The Balaban J connectivity index is 3.61. The average Bonchev–Trinajstić information content (AvgIpc) is 2.22. The van der Waals surface area contributed by atoms with Crippen LogP contribution in [0.25, 0.3) is 0 Å². The van der Waals surface area contributed by atoms with Crippen molar-refractivity contribution in [2.24, 2.45) is 0 Å². The van der Waals surface area contributed by atoms with E-state index in [-0.39, 0.29) is 30.9 Å². The van der Waals surface area contributed by atoms with Crippen LogP contribution >= 0.6 is 0 Å². The van der Waals surface area contributed by atoms with Crippen molar-refractivity contribution in [1.82, 2.24) is 16.0 Å². The van der Waals surface area contributed by atoms with E-state index >= 15 is 0 Å². The zero-order valence-electron chi connectivity index (χ0n) is 10.6. The molecule has 0 heterocycles. The van der Waals surface area contributed by atoms with E-state index < -0.39 is 0 Å². The van der Waals surface area contributed by atoms with Crippen LogP contribution in [-0.2, 0) is 9.59 Å². The Bertz CT molecular complexity index is 229. The number of hydrogen-bond acceptors (Lipinski definition) is 3. The first-order chi connectivity index (χ1) is 7.45. The first kappa shape index (κ1) is 14.9. The Labute approximate surface area is 97.4 Å². The van der Waals surface area contributed by atoms with E-state index in [9.17, 15) is 9.59 Å².